The number of carbonyl (C=O) groups is 3. The fourth-order valence-electron chi connectivity index (χ4n) is 2.58. The van der Waals surface area contributed by atoms with Crippen molar-refractivity contribution in [3.8, 4) is 10.6 Å². The van der Waals surface area contributed by atoms with Crippen molar-refractivity contribution in [3.05, 3.63) is 40.4 Å². The number of benzene rings is 1. The first-order valence-corrected chi connectivity index (χ1v) is 9.53. The second-order valence-corrected chi connectivity index (χ2v) is 7.81. The van der Waals surface area contributed by atoms with Crippen molar-refractivity contribution < 1.29 is 19.1 Å². The summed E-state index contributed by atoms with van der Waals surface area (Å²) >= 11 is 7.57. The van der Waals surface area contributed by atoms with Gasteiger partial charge < -0.3 is 10.1 Å². The van der Waals surface area contributed by atoms with Crippen LogP contribution in [0.5, 0.6) is 0 Å². The molecule has 0 saturated carbocycles. The lowest BCUT2D eigenvalue weighted by atomic mass is 10.1. The van der Waals surface area contributed by atoms with Crippen molar-refractivity contribution in [2.45, 2.75) is 32.4 Å². The molecule has 0 unspecified atom stereocenters. The number of nitrogens with one attached hydrogen (secondary N) is 1. The van der Waals surface area contributed by atoms with E-state index in [-0.39, 0.29) is 25.5 Å². The van der Waals surface area contributed by atoms with Gasteiger partial charge in [-0.1, -0.05) is 29.8 Å². The Hall–Kier alpha value is -2.45. The zero-order valence-corrected chi connectivity index (χ0v) is 16.4. The summed E-state index contributed by atoms with van der Waals surface area (Å²) in [6.07, 6.45) is -0.0727. The molecule has 2 heterocycles. The number of carbonyl (C=O) groups excluding carboxylic acids is 3. The first-order chi connectivity index (χ1) is 12.8. The lowest BCUT2D eigenvalue weighted by molar-refractivity contribution is -0.145. The molecular weight excluding hydrogens is 390 g/mol. The molecule has 9 heteroatoms. The zero-order chi connectivity index (χ0) is 19.6. The van der Waals surface area contributed by atoms with Gasteiger partial charge >= 0.3 is 12.0 Å². The summed E-state index contributed by atoms with van der Waals surface area (Å²) in [5.74, 6) is -0.864. The summed E-state index contributed by atoms with van der Waals surface area (Å²) in [6.45, 7) is 3.23. The molecule has 1 aliphatic rings. The van der Waals surface area contributed by atoms with Gasteiger partial charge in [-0.15, -0.1) is 11.3 Å². The minimum atomic E-state index is -0.948. The van der Waals surface area contributed by atoms with Crippen molar-refractivity contribution in [1.82, 2.24) is 15.2 Å². The highest BCUT2D eigenvalue weighted by Crippen LogP contribution is 2.30. The summed E-state index contributed by atoms with van der Waals surface area (Å²) in [5.41, 5.74) is 0.485. The Labute approximate surface area is 165 Å². The van der Waals surface area contributed by atoms with Crippen LogP contribution in [0.2, 0.25) is 5.02 Å². The third kappa shape index (κ3) is 4.28. The maximum atomic E-state index is 12.1. The summed E-state index contributed by atoms with van der Waals surface area (Å²) in [4.78, 5) is 41.2. The van der Waals surface area contributed by atoms with Crippen molar-refractivity contribution in [2.75, 3.05) is 6.54 Å². The van der Waals surface area contributed by atoms with Gasteiger partial charge in [0.15, 0.2) is 0 Å². The molecule has 7 nitrogen and oxygen atoms in total. The Morgan fingerprint density at radius 2 is 2.07 bits per heavy atom. The third-order valence-electron chi connectivity index (χ3n) is 4.02. The van der Waals surface area contributed by atoms with Gasteiger partial charge in [-0.25, -0.2) is 9.78 Å². The van der Waals surface area contributed by atoms with Crippen LogP contribution in [0, 0.1) is 0 Å². The third-order valence-corrected chi connectivity index (χ3v) is 5.27. The van der Waals surface area contributed by atoms with E-state index in [9.17, 15) is 14.4 Å². The highest BCUT2D eigenvalue weighted by molar-refractivity contribution is 7.13. The summed E-state index contributed by atoms with van der Waals surface area (Å²) in [6, 6.07) is 6.88. The number of nitrogens with zero attached hydrogens (tertiary/aromatic N) is 2. The van der Waals surface area contributed by atoms with E-state index in [4.69, 9.17) is 16.3 Å². The molecule has 1 N–H and O–H groups in total. The molecule has 0 spiro atoms. The molecule has 0 radical (unpaired) electrons. The second-order valence-electron chi connectivity index (χ2n) is 6.55. The molecule has 1 aromatic carbocycles. The Kier molecular flexibility index (Phi) is 5.48. The summed E-state index contributed by atoms with van der Waals surface area (Å²) in [5, 5.41) is 5.71. The van der Waals surface area contributed by atoms with E-state index in [0.717, 1.165) is 15.5 Å². The average Bonchev–Trinajstić information content (AvgIpc) is 3.15. The van der Waals surface area contributed by atoms with Crippen LogP contribution in [0.3, 0.4) is 0 Å². The van der Waals surface area contributed by atoms with Gasteiger partial charge in [0, 0.05) is 17.5 Å². The first kappa shape index (κ1) is 19.3. The van der Waals surface area contributed by atoms with Gasteiger partial charge in [0.1, 0.15) is 17.2 Å². The van der Waals surface area contributed by atoms with Crippen LogP contribution in [0.25, 0.3) is 10.6 Å². The van der Waals surface area contributed by atoms with E-state index < -0.39 is 17.5 Å². The molecule has 3 amide bonds. The van der Waals surface area contributed by atoms with Gasteiger partial charge in [0.2, 0.25) is 0 Å². The fourth-order valence-corrected chi connectivity index (χ4v) is 3.71. The number of hydrogen-bond acceptors (Lipinski definition) is 6. The number of rotatable bonds is 6. The normalized spacial score (nSPS) is 15.7. The number of aromatic nitrogens is 1. The first-order valence-electron chi connectivity index (χ1n) is 8.27. The van der Waals surface area contributed by atoms with E-state index in [1.54, 1.807) is 25.3 Å². The Bertz CT molecular complexity index is 896. The number of thiazole rings is 1. The Morgan fingerprint density at radius 3 is 2.74 bits per heavy atom. The second kappa shape index (κ2) is 7.66. The number of amides is 3. The van der Waals surface area contributed by atoms with Crippen LogP contribution < -0.4 is 5.32 Å². The van der Waals surface area contributed by atoms with Crippen LogP contribution in [0.4, 0.5) is 4.79 Å². The molecule has 27 heavy (non-hydrogen) atoms. The number of esters is 1. The minimum absolute atomic E-state index is 0.0190. The Balaban J connectivity index is 1.51. The molecule has 0 bridgehead atoms. The Morgan fingerprint density at radius 1 is 1.33 bits per heavy atom. The number of urea groups is 1. The van der Waals surface area contributed by atoms with Crippen molar-refractivity contribution >= 4 is 40.8 Å². The van der Waals surface area contributed by atoms with Crippen LogP contribution in [-0.4, -0.2) is 39.9 Å². The fraction of sp³-hybridized carbons (Fsp3) is 0.333. The molecule has 0 atom stereocenters. The van der Waals surface area contributed by atoms with Gasteiger partial charge in [0.05, 0.1) is 17.1 Å². The number of imide groups is 1. The van der Waals surface area contributed by atoms with E-state index in [2.05, 4.69) is 10.3 Å². The van der Waals surface area contributed by atoms with Gasteiger partial charge in [-0.3, -0.25) is 14.5 Å². The number of ether oxygens (including phenoxy) is 1. The quantitative estimate of drug-likeness (QED) is 0.586. The predicted octanol–water partition coefficient (Wildman–Crippen LogP) is 3.23. The van der Waals surface area contributed by atoms with Crippen molar-refractivity contribution in [1.29, 1.82) is 0 Å². The number of halogens is 1. The van der Waals surface area contributed by atoms with E-state index in [1.165, 1.54) is 11.3 Å². The molecule has 1 aliphatic heterocycles. The largest absolute Gasteiger partial charge is 0.459 e. The average molecular weight is 408 g/mol. The molecule has 3 rings (SSSR count). The van der Waals surface area contributed by atoms with E-state index >= 15 is 0 Å². The molecule has 1 fully saturated rings. The van der Waals surface area contributed by atoms with Crippen LogP contribution >= 0.6 is 22.9 Å². The highest BCUT2D eigenvalue weighted by atomic mass is 35.5. The van der Waals surface area contributed by atoms with E-state index in [1.807, 2.05) is 18.2 Å². The lowest BCUT2D eigenvalue weighted by Crippen LogP contribution is -2.40. The SMILES string of the molecule is CC1(C)NC(=O)N(CCC(=O)OCc2csc(-c3ccccc3Cl)n2)C1=O. The minimum Gasteiger partial charge on any atom is -0.459 e. The van der Waals surface area contributed by atoms with Gasteiger partial charge in [-0.05, 0) is 19.9 Å². The predicted molar refractivity (Wildman–Crippen MR) is 101 cm³/mol. The van der Waals surface area contributed by atoms with Gasteiger partial charge in [0.25, 0.3) is 5.91 Å². The molecule has 1 saturated heterocycles. The topological polar surface area (TPSA) is 88.6 Å². The zero-order valence-electron chi connectivity index (χ0n) is 14.8. The smallest absolute Gasteiger partial charge is 0.325 e. The molecule has 142 valence electrons. The molecule has 0 aliphatic carbocycles. The highest BCUT2D eigenvalue weighted by Gasteiger charge is 2.44. The van der Waals surface area contributed by atoms with Crippen molar-refractivity contribution in [2.24, 2.45) is 0 Å². The molecule has 1 aromatic heterocycles. The summed E-state index contributed by atoms with van der Waals surface area (Å²) in [7, 11) is 0. The van der Waals surface area contributed by atoms with Crippen LogP contribution in [0.15, 0.2) is 29.6 Å². The van der Waals surface area contributed by atoms with Crippen molar-refractivity contribution in [3.63, 3.8) is 0 Å². The van der Waals surface area contributed by atoms with E-state index in [0.29, 0.717) is 10.7 Å². The van der Waals surface area contributed by atoms with Gasteiger partial charge in [-0.2, -0.15) is 0 Å². The van der Waals surface area contributed by atoms with Crippen LogP contribution in [-0.2, 0) is 20.9 Å². The monoisotopic (exact) mass is 407 g/mol. The summed E-state index contributed by atoms with van der Waals surface area (Å²) < 4.78 is 5.19. The maximum Gasteiger partial charge on any atom is 0.325 e. The molecular formula is C18H18ClN3O4S. The maximum absolute atomic E-state index is 12.1. The standard InChI is InChI=1S/C18H18ClN3O4S/c1-18(2)16(24)22(17(25)21-18)8-7-14(23)26-9-11-10-27-15(20-11)12-5-3-4-6-13(12)19/h3-6,10H,7-9H2,1-2H3,(H,21,25). The molecule has 2 aromatic rings. The van der Waals surface area contributed by atoms with Crippen LogP contribution in [0.1, 0.15) is 26.0 Å². The number of hydrogen-bond donors (Lipinski definition) is 1. The lowest BCUT2D eigenvalue weighted by Gasteiger charge is -2.15.